The van der Waals surface area contributed by atoms with Crippen LogP contribution in [0.3, 0.4) is 0 Å². The van der Waals surface area contributed by atoms with Gasteiger partial charge < -0.3 is 15.0 Å². The Kier molecular flexibility index (Phi) is 4.26. The Morgan fingerprint density at radius 3 is 2.65 bits per heavy atom. The van der Waals surface area contributed by atoms with Crippen molar-refractivity contribution in [3.8, 4) is 0 Å². The summed E-state index contributed by atoms with van der Waals surface area (Å²) in [6.45, 7) is 5.11. The third-order valence-electron chi connectivity index (χ3n) is 3.87. The molecule has 8 heteroatoms. The van der Waals surface area contributed by atoms with Gasteiger partial charge in [0.25, 0.3) is 5.69 Å². The molecule has 1 fully saturated rings. The Bertz CT molecular complexity index is 671. The lowest BCUT2D eigenvalue weighted by Gasteiger charge is -2.23. The molecule has 1 heterocycles. The summed E-state index contributed by atoms with van der Waals surface area (Å²) in [5.41, 5.74) is -0.000283. The number of esters is 1. The van der Waals surface area contributed by atoms with E-state index in [1.54, 1.807) is 26.8 Å². The van der Waals surface area contributed by atoms with Crippen LogP contribution in [0.25, 0.3) is 0 Å². The topological polar surface area (TPSA) is 102 Å². The molecule has 1 saturated heterocycles. The van der Waals surface area contributed by atoms with Crippen LogP contribution in [0.2, 0.25) is 0 Å². The molecule has 0 radical (unpaired) electrons. The summed E-state index contributed by atoms with van der Waals surface area (Å²) in [4.78, 5) is 35.9. The SMILES string of the molecule is Cc1c(NC(=O)N(C)C2CC(C)(C)OC2=O)cccc1[N+](=O)[O-]. The van der Waals surface area contributed by atoms with E-state index in [9.17, 15) is 19.7 Å². The number of nitro groups is 1. The molecule has 2 rings (SSSR count). The quantitative estimate of drug-likeness (QED) is 0.523. The van der Waals surface area contributed by atoms with E-state index in [0.29, 0.717) is 17.7 Å². The van der Waals surface area contributed by atoms with E-state index in [2.05, 4.69) is 5.32 Å². The number of anilines is 1. The Balaban J connectivity index is 2.15. The summed E-state index contributed by atoms with van der Waals surface area (Å²) >= 11 is 0. The second kappa shape index (κ2) is 5.86. The van der Waals surface area contributed by atoms with Crippen LogP contribution in [0.4, 0.5) is 16.2 Å². The van der Waals surface area contributed by atoms with Crippen LogP contribution in [0.5, 0.6) is 0 Å². The number of hydrogen-bond donors (Lipinski definition) is 1. The largest absolute Gasteiger partial charge is 0.458 e. The van der Waals surface area contributed by atoms with Crippen molar-refractivity contribution in [1.82, 2.24) is 4.90 Å². The van der Waals surface area contributed by atoms with E-state index in [0.717, 1.165) is 0 Å². The fraction of sp³-hybridized carbons (Fsp3) is 0.467. The number of nitro benzene ring substituents is 1. The first-order chi connectivity index (χ1) is 10.6. The molecule has 0 saturated carbocycles. The summed E-state index contributed by atoms with van der Waals surface area (Å²) in [6, 6.07) is 3.24. The van der Waals surface area contributed by atoms with Crippen LogP contribution >= 0.6 is 0 Å². The summed E-state index contributed by atoms with van der Waals surface area (Å²) < 4.78 is 5.21. The highest BCUT2D eigenvalue weighted by Crippen LogP contribution is 2.29. The number of benzene rings is 1. The zero-order valence-corrected chi connectivity index (χ0v) is 13.5. The number of urea groups is 1. The minimum atomic E-state index is -0.677. The van der Waals surface area contributed by atoms with Crippen molar-refractivity contribution in [3.05, 3.63) is 33.9 Å². The van der Waals surface area contributed by atoms with Gasteiger partial charge in [0, 0.05) is 19.5 Å². The van der Waals surface area contributed by atoms with E-state index >= 15 is 0 Å². The zero-order valence-electron chi connectivity index (χ0n) is 13.5. The fourth-order valence-corrected chi connectivity index (χ4v) is 2.53. The molecular formula is C15H19N3O5. The number of likely N-dealkylation sites (N-methyl/N-ethyl adjacent to an activating group) is 1. The molecule has 0 aliphatic carbocycles. The molecule has 0 spiro atoms. The van der Waals surface area contributed by atoms with Crippen molar-refractivity contribution < 1.29 is 19.2 Å². The van der Waals surface area contributed by atoms with Crippen molar-refractivity contribution >= 4 is 23.4 Å². The fourth-order valence-electron chi connectivity index (χ4n) is 2.53. The first kappa shape index (κ1) is 16.7. The van der Waals surface area contributed by atoms with Gasteiger partial charge in [0.2, 0.25) is 0 Å². The molecule has 0 bridgehead atoms. The highest BCUT2D eigenvalue weighted by Gasteiger charge is 2.43. The molecule has 1 unspecified atom stereocenters. The van der Waals surface area contributed by atoms with Gasteiger partial charge in [-0.25, -0.2) is 9.59 Å². The van der Waals surface area contributed by atoms with Gasteiger partial charge in [0.1, 0.15) is 11.6 Å². The number of carbonyl (C=O) groups is 2. The summed E-state index contributed by atoms with van der Waals surface area (Å²) in [7, 11) is 1.50. The second-order valence-corrected chi connectivity index (χ2v) is 6.15. The average Bonchev–Trinajstić information content (AvgIpc) is 2.73. The van der Waals surface area contributed by atoms with Crippen molar-refractivity contribution in [2.75, 3.05) is 12.4 Å². The number of carbonyl (C=O) groups excluding carboxylic acids is 2. The summed E-state index contributed by atoms with van der Waals surface area (Å²) in [5.74, 6) is -0.455. The van der Waals surface area contributed by atoms with E-state index in [1.807, 2.05) is 0 Å². The van der Waals surface area contributed by atoms with Gasteiger partial charge in [-0.15, -0.1) is 0 Å². The summed E-state index contributed by atoms with van der Waals surface area (Å²) in [5, 5.41) is 13.5. The average molecular weight is 321 g/mol. The van der Waals surface area contributed by atoms with Gasteiger partial charge in [-0.1, -0.05) is 6.07 Å². The van der Waals surface area contributed by atoms with Crippen molar-refractivity contribution in [2.24, 2.45) is 0 Å². The van der Waals surface area contributed by atoms with Crippen LogP contribution < -0.4 is 5.32 Å². The predicted molar refractivity (Wildman–Crippen MR) is 83.2 cm³/mol. The lowest BCUT2D eigenvalue weighted by Crippen LogP contribution is -2.42. The van der Waals surface area contributed by atoms with Gasteiger partial charge in [0.05, 0.1) is 16.2 Å². The number of ether oxygens (including phenoxy) is 1. The van der Waals surface area contributed by atoms with Crippen molar-refractivity contribution in [1.29, 1.82) is 0 Å². The van der Waals surface area contributed by atoms with Crippen molar-refractivity contribution in [2.45, 2.75) is 38.8 Å². The second-order valence-electron chi connectivity index (χ2n) is 6.15. The van der Waals surface area contributed by atoms with Gasteiger partial charge in [-0.05, 0) is 26.8 Å². The maximum absolute atomic E-state index is 12.3. The molecule has 1 aromatic rings. The molecule has 124 valence electrons. The van der Waals surface area contributed by atoms with Crippen LogP contribution in [-0.4, -0.2) is 40.5 Å². The zero-order chi connectivity index (χ0) is 17.4. The standard InChI is InChI=1S/C15H19N3O5/c1-9-10(6-5-7-11(9)18(21)22)16-14(20)17(4)12-8-15(2,3)23-13(12)19/h5-7,12H,8H2,1-4H3,(H,16,20). The maximum atomic E-state index is 12.3. The number of hydrogen-bond acceptors (Lipinski definition) is 5. The number of nitrogens with one attached hydrogen (secondary N) is 1. The highest BCUT2D eigenvalue weighted by atomic mass is 16.6. The smallest absolute Gasteiger partial charge is 0.329 e. The van der Waals surface area contributed by atoms with Crippen LogP contribution in [0.15, 0.2) is 18.2 Å². The van der Waals surface area contributed by atoms with E-state index < -0.39 is 28.6 Å². The first-order valence-electron chi connectivity index (χ1n) is 7.13. The molecule has 1 aromatic carbocycles. The number of nitrogens with zero attached hydrogens (tertiary/aromatic N) is 2. The Labute approximate surface area is 133 Å². The monoisotopic (exact) mass is 321 g/mol. The molecule has 1 atom stereocenters. The number of cyclic esters (lactones) is 1. The normalized spacial score (nSPS) is 19.1. The molecule has 1 aliphatic heterocycles. The van der Waals surface area contributed by atoms with Crippen molar-refractivity contribution in [3.63, 3.8) is 0 Å². The Morgan fingerprint density at radius 1 is 1.48 bits per heavy atom. The third-order valence-corrected chi connectivity index (χ3v) is 3.87. The van der Waals surface area contributed by atoms with Gasteiger partial charge in [0.15, 0.2) is 0 Å². The maximum Gasteiger partial charge on any atom is 0.329 e. The van der Waals surface area contributed by atoms with Crippen LogP contribution in [-0.2, 0) is 9.53 Å². The lowest BCUT2D eigenvalue weighted by molar-refractivity contribution is -0.385. The Hall–Kier alpha value is -2.64. The van der Waals surface area contributed by atoms with Crippen LogP contribution in [0.1, 0.15) is 25.8 Å². The first-order valence-corrected chi connectivity index (χ1v) is 7.13. The van der Waals surface area contributed by atoms with Crippen LogP contribution in [0, 0.1) is 17.0 Å². The minimum absolute atomic E-state index is 0.0770. The van der Waals surface area contributed by atoms with E-state index in [-0.39, 0.29) is 5.69 Å². The van der Waals surface area contributed by atoms with E-state index in [1.165, 1.54) is 24.1 Å². The highest BCUT2D eigenvalue weighted by molar-refractivity contribution is 5.94. The molecule has 23 heavy (non-hydrogen) atoms. The number of rotatable bonds is 3. The molecule has 1 N–H and O–H groups in total. The van der Waals surface area contributed by atoms with Gasteiger partial charge >= 0.3 is 12.0 Å². The van der Waals surface area contributed by atoms with E-state index in [4.69, 9.17) is 4.74 Å². The predicted octanol–water partition coefficient (Wildman–Crippen LogP) is 2.46. The molecule has 8 nitrogen and oxygen atoms in total. The molecule has 0 aromatic heterocycles. The van der Waals surface area contributed by atoms with Gasteiger partial charge in [-0.3, -0.25) is 10.1 Å². The number of amides is 2. The lowest BCUT2D eigenvalue weighted by atomic mass is 10.0. The Morgan fingerprint density at radius 2 is 2.13 bits per heavy atom. The molecule has 1 aliphatic rings. The third kappa shape index (κ3) is 3.41. The minimum Gasteiger partial charge on any atom is -0.458 e. The molecular weight excluding hydrogens is 302 g/mol. The van der Waals surface area contributed by atoms with Gasteiger partial charge in [-0.2, -0.15) is 0 Å². The molecule has 2 amide bonds. The summed E-state index contributed by atoms with van der Waals surface area (Å²) in [6.07, 6.45) is 0.393.